The number of likely N-dealkylation sites (tertiary alicyclic amines) is 2. The molecule has 6 atom stereocenters. The van der Waals surface area contributed by atoms with Gasteiger partial charge in [0.2, 0.25) is 29.5 Å². The Bertz CT molecular complexity index is 2900. The summed E-state index contributed by atoms with van der Waals surface area (Å²) in [5.41, 5.74) is 10.8. The molecule has 0 saturated carbocycles. The first-order valence-corrected chi connectivity index (χ1v) is 31.4. The normalized spacial score (nSPS) is 20.3. The van der Waals surface area contributed by atoms with Gasteiger partial charge in [0.25, 0.3) is 0 Å². The molecule has 0 aliphatic carbocycles. The lowest BCUT2D eigenvalue weighted by atomic mass is 9.78. The van der Waals surface area contributed by atoms with Crippen LogP contribution in [0, 0.1) is 18.3 Å². The molecular weight excluding hydrogens is 1170 g/mol. The molecule has 27 heteroatoms. The first kappa shape index (κ1) is 71.4. The van der Waals surface area contributed by atoms with E-state index >= 15 is 0 Å². The number of nitrogens with one attached hydrogen (secondary N) is 4. The van der Waals surface area contributed by atoms with Crippen LogP contribution < -0.4 is 21.3 Å². The molecule has 89 heavy (non-hydrogen) atoms. The summed E-state index contributed by atoms with van der Waals surface area (Å²) in [6, 6.07) is 13.8. The SMILES string of the molecule is Cc1ncsc1-c1ccc(CNC(=O)[C@@H]2C[C@@H](O)CN2C(=O)[C@@H](NC(=O)COCCOCCOCC(=O)NCCCC[C@H](NC(=O)OC(C)(C)C)C(=O)N2C[C@H](CCCB3OC(C)(C)C(C)(C)O3)[C@](N=[N+]=[N-])(C(=O)OCc3ccccc3)C2)C(C)(C)C)cc1. The fourth-order valence-corrected chi connectivity index (χ4v) is 11.5. The van der Waals surface area contributed by atoms with Gasteiger partial charge in [-0.25, -0.2) is 9.78 Å². The van der Waals surface area contributed by atoms with Crippen LogP contribution in [-0.2, 0) is 74.9 Å². The molecule has 3 aliphatic rings. The number of azide groups is 1. The quantitative estimate of drug-likeness (QED) is 0.0113. The van der Waals surface area contributed by atoms with Crippen molar-refractivity contribution < 1.29 is 71.7 Å². The molecule has 2 aromatic carbocycles. The number of aromatic nitrogens is 1. The molecule has 488 valence electrons. The number of benzene rings is 2. The van der Waals surface area contributed by atoms with E-state index < -0.39 is 101 Å². The number of unbranched alkanes of at least 4 members (excludes halogenated alkanes) is 1. The number of alkyl carbamates (subject to hydrolysis) is 1. The number of aliphatic hydroxyl groups excluding tert-OH is 1. The van der Waals surface area contributed by atoms with Gasteiger partial charge in [-0.3, -0.25) is 28.8 Å². The van der Waals surface area contributed by atoms with E-state index in [1.165, 1.54) is 9.80 Å². The van der Waals surface area contributed by atoms with Gasteiger partial charge >= 0.3 is 19.2 Å². The maximum absolute atomic E-state index is 14.6. The Labute approximate surface area is 526 Å². The van der Waals surface area contributed by atoms with Gasteiger partial charge in [-0.1, -0.05) is 86.9 Å². The standard InChI is InChI=1S/C62H91BN10O15S/c1-41-51(89-40-67-41)44-24-22-42(23-25-44)33-66-53(77)48-32-46(74)35-73(48)55(79)52(58(2,3)4)69-50(76)38-84-31-29-82-28-30-83-37-49(75)65-27-16-15-21-47(68-57(81)86-59(5,6)7)54(78)72-34-45(20-17-26-63-87-60(8,9)61(10,11)88-63)62(39-72,70-71-64)56(80)85-36-43-18-13-12-14-19-43/h12-14,18-19,22-25,40,45-48,52,74H,15-17,20-21,26-39H2,1-11H3,(H,65,75)(H,66,77)(H,68,81)(H,69,76)/t45-,46+,47-,48-,52+,62-/m0/s1. The zero-order valence-corrected chi connectivity index (χ0v) is 54.2. The van der Waals surface area contributed by atoms with E-state index in [1.807, 2.05) is 77.1 Å². The highest BCUT2D eigenvalue weighted by molar-refractivity contribution is 7.13. The molecule has 6 amide bonds. The molecule has 5 N–H and O–H groups in total. The number of β-amino-alcohol motifs (C(OH)–C–C–N with tert-alkyl or cyclic N) is 1. The zero-order valence-electron chi connectivity index (χ0n) is 53.4. The molecule has 25 nitrogen and oxygen atoms in total. The lowest BCUT2D eigenvalue weighted by Gasteiger charge is -2.35. The number of hydrogen-bond donors (Lipinski definition) is 5. The molecule has 3 saturated heterocycles. The van der Waals surface area contributed by atoms with Gasteiger partial charge < -0.3 is 69.2 Å². The Hall–Kier alpha value is -6.71. The maximum Gasteiger partial charge on any atom is 0.457 e. The predicted molar refractivity (Wildman–Crippen MR) is 332 cm³/mol. The van der Waals surface area contributed by atoms with Crippen molar-refractivity contribution in [2.45, 2.75) is 181 Å². The van der Waals surface area contributed by atoms with Crippen molar-refractivity contribution in [3.05, 3.63) is 87.4 Å². The zero-order chi connectivity index (χ0) is 65.2. The van der Waals surface area contributed by atoms with Crippen molar-refractivity contribution in [2.75, 3.05) is 65.8 Å². The molecule has 3 aromatic rings. The van der Waals surface area contributed by atoms with Crippen LogP contribution in [0.3, 0.4) is 0 Å². The number of carbonyl (C=O) groups is 7. The summed E-state index contributed by atoms with van der Waals surface area (Å²) < 4.78 is 40.3. The molecule has 0 bridgehead atoms. The summed E-state index contributed by atoms with van der Waals surface area (Å²) in [5.74, 6) is -3.79. The van der Waals surface area contributed by atoms with Crippen LogP contribution in [0.15, 0.2) is 65.2 Å². The van der Waals surface area contributed by atoms with E-state index in [2.05, 4.69) is 36.3 Å². The first-order valence-electron chi connectivity index (χ1n) is 30.5. The summed E-state index contributed by atoms with van der Waals surface area (Å²) in [6.07, 6.45) is 0.587. The van der Waals surface area contributed by atoms with Gasteiger partial charge in [-0.15, -0.1) is 11.3 Å². The average molecular weight is 1260 g/mol. The fourth-order valence-electron chi connectivity index (χ4n) is 10.7. The molecule has 3 fully saturated rings. The number of thiazole rings is 1. The molecule has 4 heterocycles. The van der Waals surface area contributed by atoms with Crippen molar-refractivity contribution in [1.82, 2.24) is 36.1 Å². The molecule has 0 radical (unpaired) electrons. The van der Waals surface area contributed by atoms with E-state index in [4.69, 9.17) is 33.0 Å². The van der Waals surface area contributed by atoms with Gasteiger partial charge in [-0.2, -0.15) is 0 Å². The highest BCUT2D eigenvalue weighted by Gasteiger charge is 2.56. The molecular formula is C62H91BN10O15S. The van der Waals surface area contributed by atoms with Gasteiger partial charge in [0, 0.05) is 50.0 Å². The van der Waals surface area contributed by atoms with Crippen molar-refractivity contribution in [1.29, 1.82) is 0 Å². The lowest BCUT2D eigenvalue weighted by molar-refractivity contribution is -0.152. The summed E-state index contributed by atoms with van der Waals surface area (Å²) in [5, 5.41) is 25.9. The van der Waals surface area contributed by atoms with Crippen LogP contribution in [-0.4, -0.2) is 181 Å². The second-order valence-corrected chi connectivity index (χ2v) is 26.8. The maximum atomic E-state index is 14.6. The highest BCUT2D eigenvalue weighted by Crippen LogP contribution is 2.41. The number of ether oxygens (including phenoxy) is 5. The molecule has 0 spiro atoms. The third kappa shape index (κ3) is 20.9. The third-order valence-electron chi connectivity index (χ3n) is 16.1. The molecule has 0 unspecified atom stereocenters. The number of aliphatic hydroxyl groups is 1. The van der Waals surface area contributed by atoms with Crippen LogP contribution in [0.2, 0.25) is 6.32 Å². The Morgan fingerprint density at radius 2 is 1.48 bits per heavy atom. The average Bonchev–Trinajstić information content (AvgIpc) is 2.81. The summed E-state index contributed by atoms with van der Waals surface area (Å²) in [6.45, 7) is 20.0. The van der Waals surface area contributed by atoms with Gasteiger partial charge in [0.05, 0.1) is 59.8 Å². The Balaban J connectivity index is 0.902. The van der Waals surface area contributed by atoms with E-state index in [-0.39, 0.29) is 97.7 Å². The second-order valence-electron chi connectivity index (χ2n) is 25.9. The van der Waals surface area contributed by atoms with Crippen molar-refractivity contribution in [3.63, 3.8) is 0 Å². The van der Waals surface area contributed by atoms with Crippen LogP contribution in [0.5, 0.6) is 0 Å². The minimum atomic E-state index is -1.78. The van der Waals surface area contributed by atoms with Crippen molar-refractivity contribution in [2.24, 2.45) is 16.4 Å². The summed E-state index contributed by atoms with van der Waals surface area (Å²) in [4.78, 5) is 107. The monoisotopic (exact) mass is 1260 g/mol. The largest absolute Gasteiger partial charge is 0.460 e. The number of hydrogen-bond acceptors (Lipinski definition) is 18. The third-order valence-corrected chi connectivity index (χ3v) is 17.1. The topological polar surface area (TPSA) is 321 Å². The number of rotatable bonds is 31. The Kier molecular flexibility index (Phi) is 25.9. The molecule has 3 aliphatic heterocycles. The minimum Gasteiger partial charge on any atom is -0.460 e. The summed E-state index contributed by atoms with van der Waals surface area (Å²) >= 11 is 1.55. The lowest BCUT2D eigenvalue weighted by Crippen LogP contribution is -2.58. The van der Waals surface area contributed by atoms with Crippen molar-refractivity contribution in [3.8, 4) is 10.4 Å². The predicted octanol–water partition coefficient (Wildman–Crippen LogP) is 6.58. The smallest absolute Gasteiger partial charge is 0.457 e. The molecule has 1 aromatic heterocycles. The van der Waals surface area contributed by atoms with E-state index in [0.29, 0.717) is 32.0 Å². The number of esters is 1. The van der Waals surface area contributed by atoms with Gasteiger partial charge in [0.1, 0.15) is 43.5 Å². The van der Waals surface area contributed by atoms with Gasteiger partial charge in [-0.05, 0) is 115 Å². The van der Waals surface area contributed by atoms with Crippen LogP contribution >= 0.6 is 11.3 Å². The molecule has 6 rings (SSSR count). The second kappa shape index (κ2) is 32.3. The summed E-state index contributed by atoms with van der Waals surface area (Å²) in [7, 11) is -0.511. The van der Waals surface area contributed by atoms with Gasteiger partial charge in [0.15, 0.2) is 5.54 Å². The Morgan fingerprint density at radius 1 is 0.831 bits per heavy atom. The van der Waals surface area contributed by atoms with E-state index in [9.17, 15) is 44.2 Å². The number of carbonyl (C=O) groups excluding carboxylic acids is 7. The van der Waals surface area contributed by atoms with Crippen LogP contribution in [0.25, 0.3) is 20.9 Å². The van der Waals surface area contributed by atoms with E-state index in [0.717, 1.165) is 27.3 Å². The number of aryl methyl sites for hydroxylation is 1. The number of amides is 6. The highest BCUT2D eigenvalue weighted by atomic mass is 32.1. The first-order chi connectivity index (χ1) is 42.0. The van der Waals surface area contributed by atoms with Crippen molar-refractivity contribution >= 4 is 60.1 Å². The fraction of sp³-hybridized carbons (Fsp3) is 0.645. The minimum absolute atomic E-state index is 0.0248. The number of nitrogens with zero attached hydrogens (tertiary/aromatic N) is 6. The Morgan fingerprint density at radius 3 is 2.10 bits per heavy atom. The van der Waals surface area contributed by atoms with E-state index in [1.54, 1.807) is 70.5 Å². The van der Waals surface area contributed by atoms with Crippen LogP contribution in [0.4, 0.5) is 4.79 Å². The van der Waals surface area contributed by atoms with Crippen LogP contribution in [0.1, 0.15) is 125 Å².